The highest BCUT2D eigenvalue weighted by Gasteiger charge is 2.28. The molecule has 0 aromatic carbocycles. The molecule has 1 aromatic rings. The highest BCUT2D eigenvalue weighted by atomic mass is 32.2. The molecule has 1 aliphatic rings. The first-order valence-electron chi connectivity index (χ1n) is 7.53. The Morgan fingerprint density at radius 1 is 1.17 bits per heavy atom. The SMILES string of the molecule is CS(=O)(=O)NC(=O)C1CCC(NC(=O)Cc2ccncc2)CC1. The van der Waals surface area contributed by atoms with E-state index in [1.54, 1.807) is 24.5 Å². The van der Waals surface area contributed by atoms with Crippen LogP contribution < -0.4 is 10.0 Å². The predicted molar refractivity (Wildman–Crippen MR) is 84.8 cm³/mol. The highest BCUT2D eigenvalue weighted by molar-refractivity contribution is 7.89. The zero-order chi connectivity index (χ0) is 16.9. The molecule has 8 heteroatoms. The second-order valence-electron chi connectivity index (χ2n) is 5.89. The Bertz CT molecular complexity index is 653. The van der Waals surface area contributed by atoms with E-state index in [2.05, 4.69) is 10.3 Å². The van der Waals surface area contributed by atoms with Gasteiger partial charge in [0.2, 0.25) is 21.8 Å². The van der Waals surface area contributed by atoms with Crippen molar-refractivity contribution < 1.29 is 18.0 Å². The van der Waals surface area contributed by atoms with Gasteiger partial charge in [0.15, 0.2) is 0 Å². The van der Waals surface area contributed by atoms with Gasteiger partial charge in [-0.2, -0.15) is 0 Å². The number of nitrogens with zero attached hydrogens (tertiary/aromatic N) is 1. The summed E-state index contributed by atoms with van der Waals surface area (Å²) < 4.78 is 24.2. The normalized spacial score (nSPS) is 21.4. The van der Waals surface area contributed by atoms with E-state index in [-0.39, 0.29) is 17.9 Å². The number of pyridine rings is 1. The number of hydrogen-bond acceptors (Lipinski definition) is 5. The molecule has 0 spiro atoms. The number of sulfonamides is 1. The van der Waals surface area contributed by atoms with E-state index < -0.39 is 15.9 Å². The Labute approximate surface area is 135 Å². The minimum atomic E-state index is -3.51. The first kappa shape index (κ1) is 17.4. The summed E-state index contributed by atoms with van der Waals surface area (Å²) in [6.07, 6.45) is 7.05. The van der Waals surface area contributed by atoms with Crippen molar-refractivity contribution in [3.05, 3.63) is 30.1 Å². The summed E-state index contributed by atoms with van der Waals surface area (Å²) in [6, 6.07) is 3.63. The fraction of sp³-hybridized carbons (Fsp3) is 0.533. The quantitative estimate of drug-likeness (QED) is 0.806. The third-order valence-electron chi connectivity index (χ3n) is 3.86. The maximum atomic E-state index is 12.0. The molecule has 23 heavy (non-hydrogen) atoms. The first-order chi connectivity index (χ1) is 10.8. The van der Waals surface area contributed by atoms with Crippen molar-refractivity contribution in [2.24, 2.45) is 5.92 Å². The molecule has 2 amide bonds. The van der Waals surface area contributed by atoms with Gasteiger partial charge >= 0.3 is 0 Å². The molecular weight excluding hydrogens is 318 g/mol. The zero-order valence-corrected chi connectivity index (χ0v) is 13.8. The van der Waals surface area contributed by atoms with Gasteiger partial charge in [-0.05, 0) is 43.4 Å². The number of carbonyl (C=O) groups is 2. The van der Waals surface area contributed by atoms with Gasteiger partial charge in [0, 0.05) is 24.4 Å². The highest BCUT2D eigenvalue weighted by Crippen LogP contribution is 2.24. The van der Waals surface area contributed by atoms with E-state index in [9.17, 15) is 18.0 Å². The maximum Gasteiger partial charge on any atom is 0.236 e. The van der Waals surface area contributed by atoms with Crippen LogP contribution in [0.1, 0.15) is 31.2 Å². The average Bonchev–Trinajstić information content (AvgIpc) is 2.47. The van der Waals surface area contributed by atoms with Gasteiger partial charge in [0.05, 0.1) is 12.7 Å². The molecule has 0 unspecified atom stereocenters. The van der Waals surface area contributed by atoms with Crippen molar-refractivity contribution >= 4 is 21.8 Å². The van der Waals surface area contributed by atoms with Crippen LogP contribution in [-0.2, 0) is 26.0 Å². The Morgan fingerprint density at radius 2 is 1.78 bits per heavy atom. The summed E-state index contributed by atoms with van der Waals surface area (Å²) in [5, 5.41) is 2.97. The molecule has 0 radical (unpaired) electrons. The molecule has 0 atom stereocenters. The topological polar surface area (TPSA) is 105 Å². The zero-order valence-electron chi connectivity index (χ0n) is 13.0. The average molecular weight is 339 g/mol. The maximum absolute atomic E-state index is 12.0. The third kappa shape index (κ3) is 5.97. The summed E-state index contributed by atoms with van der Waals surface area (Å²) >= 11 is 0. The molecule has 1 aliphatic carbocycles. The van der Waals surface area contributed by atoms with E-state index in [0.29, 0.717) is 32.1 Å². The van der Waals surface area contributed by atoms with Crippen LogP contribution in [0, 0.1) is 5.92 Å². The largest absolute Gasteiger partial charge is 0.353 e. The van der Waals surface area contributed by atoms with E-state index in [1.807, 2.05) is 4.72 Å². The molecule has 2 rings (SSSR count). The lowest BCUT2D eigenvalue weighted by molar-refractivity contribution is -0.124. The number of carbonyl (C=O) groups excluding carboxylic acids is 2. The van der Waals surface area contributed by atoms with Gasteiger partial charge in [-0.3, -0.25) is 19.3 Å². The molecule has 1 saturated carbocycles. The van der Waals surface area contributed by atoms with Gasteiger partial charge in [-0.1, -0.05) is 0 Å². The smallest absolute Gasteiger partial charge is 0.236 e. The lowest BCUT2D eigenvalue weighted by Crippen LogP contribution is -2.42. The van der Waals surface area contributed by atoms with Crippen LogP contribution in [0.4, 0.5) is 0 Å². The van der Waals surface area contributed by atoms with Crippen LogP contribution in [0.3, 0.4) is 0 Å². The number of rotatable bonds is 5. The molecular formula is C15H21N3O4S. The van der Waals surface area contributed by atoms with Crippen LogP contribution in [0.15, 0.2) is 24.5 Å². The van der Waals surface area contributed by atoms with Gasteiger partial charge in [0.25, 0.3) is 0 Å². The number of nitrogens with one attached hydrogen (secondary N) is 2. The second-order valence-corrected chi connectivity index (χ2v) is 7.64. The Kier molecular flexibility index (Phi) is 5.70. The van der Waals surface area contributed by atoms with Crippen molar-refractivity contribution in [1.82, 2.24) is 15.0 Å². The molecule has 1 heterocycles. The van der Waals surface area contributed by atoms with Crippen molar-refractivity contribution in [1.29, 1.82) is 0 Å². The Morgan fingerprint density at radius 3 is 2.35 bits per heavy atom. The molecule has 0 aliphatic heterocycles. The fourth-order valence-electron chi connectivity index (χ4n) is 2.73. The molecule has 0 saturated heterocycles. The lowest BCUT2D eigenvalue weighted by atomic mass is 9.85. The predicted octanol–water partition coefficient (Wildman–Crippen LogP) is 0.375. The molecule has 126 valence electrons. The number of hydrogen-bond donors (Lipinski definition) is 2. The van der Waals surface area contributed by atoms with Crippen molar-refractivity contribution in [2.75, 3.05) is 6.26 Å². The minimum absolute atomic E-state index is 0.0339. The fourth-order valence-corrected chi connectivity index (χ4v) is 3.26. The van der Waals surface area contributed by atoms with Gasteiger partial charge in [-0.15, -0.1) is 0 Å². The summed E-state index contributed by atoms with van der Waals surface area (Å²) in [5.41, 5.74) is 0.902. The van der Waals surface area contributed by atoms with Crippen molar-refractivity contribution in [2.45, 2.75) is 38.1 Å². The Hall–Kier alpha value is -1.96. The van der Waals surface area contributed by atoms with Gasteiger partial charge in [-0.25, -0.2) is 8.42 Å². The summed E-state index contributed by atoms with van der Waals surface area (Å²) in [6.45, 7) is 0. The molecule has 1 fully saturated rings. The first-order valence-corrected chi connectivity index (χ1v) is 9.42. The number of aromatic nitrogens is 1. The molecule has 7 nitrogen and oxygen atoms in total. The van der Waals surface area contributed by atoms with Crippen molar-refractivity contribution in [3.63, 3.8) is 0 Å². The van der Waals surface area contributed by atoms with E-state index in [4.69, 9.17) is 0 Å². The summed E-state index contributed by atoms with van der Waals surface area (Å²) in [5.74, 6) is -0.813. The van der Waals surface area contributed by atoms with E-state index in [0.717, 1.165) is 11.8 Å². The molecule has 0 bridgehead atoms. The van der Waals surface area contributed by atoms with Crippen LogP contribution in [0.5, 0.6) is 0 Å². The third-order valence-corrected chi connectivity index (χ3v) is 4.44. The van der Waals surface area contributed by atoms with Gasteiger partial charge < -0.3 is 5.32 Å². The molecule has 2 N–H and O–H groups in total. The van der Waals surface area contributed by atoms with Crippen LogP contribution in [-0.4, -0.2) is 37.5 Å². The van der Waals surface area contributed by atoms with Crippen LogP contribution in [0.25, 0.3) is 0 Å². The monoisotopic (exact) mass is 339 g/mol. The van der Waals surface area contributed by atoms with Gasteiger partial charge in [0.1, 0.15) is 0 Å². The van der Waals surface area contributed by atoms with Crippen LogP contribution >= 0.6 is 0 Å². The standard InChI is InChI=1S/C15H21N3O4S/c1-23(21,22)18-15(20)12-2-4-13(5-3-12)17-14(19)10-11-6-8-16-9-7-11/h6-9,12-13H,2-5,10H2,1H3,(H,17,19)(H,18,20). The Balaban J connectivity index is 1.76. The second kappa shape index (κ2) is 7.54. The van der Waals surface area contributed by atoms with Crippen molar-refractivity contribution in [3.8, 4) is 0 Å². The van der Waals surface area contributed by atoms with Crippen LogP contribution in [0.2, 0.25) is 0 Å². The number of amides is 2. The summed E-state index contributed by atoms with van der Waals surface area (Å²) in [4.78, 5) is 27.7. The van der Waals surface area contributed by atoms with E-state index in [1.165, 1.54) is 0 Å². The minimum Gasteiger partial charge on any atom is -0.353 e. The summed E-state index contributed by atoms with van der Waals surface area (Å²) in [7, 11) is -3.51. The van der Waals surface area contributed by atoms with E-state index >= 15 is 0 Å². The molecule has 1 aromatic heterocycles. The lowest BCUT2D eigenvalue weighted by Gasteiger charge is -2.28.